The van der Waals surface area contributed by atoms with Gasteiger partial charge in [0, 0.05) is 10.4 Å². The summed E-state index contributed by atoms with van der Waals surface area (Å²) in [6, 6.07) is 9.33. The molecule has 0 radical (unpaired) electrons. The number of aliphatic hydroxyl groups excluding tert-OH is 1. The van der Waals surface area contributed by atoms with Crippen LogP contribution in [-0.2, 0) is 9.59 Å². The third-order valence-corrected chi connectivity index (χ3v) is 8.34. The van der Waals surface area contributed by atoms with Crippen LogP contribution in [0.5, 0.6) is 11.5 Å². The van der Waals surface area contributed by atoms with E-state index in [1.165, 1.54) is 46.8 Å². The second-order valence-electron chi connectivity index (χ2n) is 7.94. The minimum atomic E-state index is -0.881. The highest BCUT2D eigenvalue weighted by Crippen LogP contribution is 2.46. The molecule has 11 heteroatoms. The van der Waals surface area contributed by atoms with E-state index in [2.05, 4.69) is 4.98 Å². The number of ether oxygens (including phenoxy) is 2. The number of benzene rings is 2. The largest absolute Gasteiger partial charge is 0.507 e. The molecule has 1 saturated heterocycles. The van der Waals surface area contributed by atoms with Gasteiger partial charge in [-0.2, -0.15) is 0 Å². The molecule has 0 spiro atoms. The first-order valence-corrected chi connectivity index (χ1v) is 13.0. The molecule has 2 aromatic carbocycles. The van der Waals surface area contributed by atoms with Gasteiger partial charge in [-0.25, -0.2) is 4.98 Å². The number of ketones is 1. The van der Waals surface area contributed by atoms with E-state index in [0.717, 1.165) is 10.3 Å². The zero-order chi connectivity index (χ0) is 25.7. The van der Waals surface area contributed by atoms with Crippen LogP contribution in [0.1, 0.15) is 22.0 Å². The van der Waals surface area contributed by atoms with Crippen molar-refractivity contribution in [1.29, 1.82) is 0 Å². The van der Waals surface area contributed by atoms with Crippen LogP contribution in [0.4, 0.5) is 5.13 Å². The summed E-state index contributed by atoms with van der Waals surface area (Å²) in [7, 11) is 3.01. The molecule has 0 bridgehead atoms. The van der Waals surface area contributed by atoms with Gasteiger partial charge in [-0.05, 0) is 48.2 Å². The van der Waals surface area contributed by atoms with E-state index in [9.17, 15) is 14.7 Å². The zero-order valence-corrected chi connectivity index (χ0v) is 22.3. The summed E-state index contributed by atoms with van der Waals surface area (Å²) in [5.74, 6) is -1.07. The third kappa shape index (κ3) is 3.92. The minimum Gasteiger partial charge on any atom is -0.507 e. The number of fused-ring (bicyclic) bond motifs is 1. The van der Waals surface area contributed by atoms with E-state index in [0.29, 0.717) is 21.3 Å². The molecule has 1 aliphatic rings. The highest BCUT2D eigenvalue weighted by Gasteiger charge is 2.48. The lowest BCUT2D eigenvalue weighted by Crippen LogP contribution is -2.28. The normalized spacial score (nSPS) is 17.2. The monoisotopic (exact) mass is 560 g/mol. The Balaban J connectivity index is 1.70. The predicted molar refractivity (Wildman–Crippen MR) is 143 cm³/mol. The summed E-state index contributed by atoms with van der Waals surface area (Å²) in [5.41, 5.74) is 1.68. The summed E-state index contributed by atoms with van der Waals surface area (Å²) in [5, 5.41) is 13.8. The summed E-state index contributed by atoms with van der Waals surface area (Å²) in [4.78, 5) is 33.4. The summed E-state index contributed by atoms with van der Waals surface area (Å²) in [6.07, 6.45) is 0. The van der Waals surface area contributed by atoms with Crippen LogP contribution in [0, 0.1) is 6.92 Å². The SMILES string of the molecule is COc1cc2sc(N3C(=O)C(=O)/C(=C(/O)c4cc(Cl)c(OC)c(Cl)c4)C3c3cccs3)nc2cc1C. The molecule has 4 aromatic rings. The van der Waals surface area contributed by atoms with Crippen LogP contribution >= 0.6 is 45.9 Å². The van der Waals surface area contributed by atoms with Crippen molar-refractivity contribution < 1.29 is 24.2 Å². The highest BCUT2D eigenvalue weighted by molar-refractivity contribution is 7.22. The minimum absolute atomic E-state index is 0.0761. The summed E-state index contributed by atoms with van der Waals surface area (Å²) < 4.78 is 11.4. The Kier molecular flexibility index (Phi) is 6.42. The number of carbonyl (C=O) groups is 2. The number of anilines is 1. The van der Waals surface area contributed by atoms with E-state index in [4.69, 9.17) is 32.7 Å². The highest BCUT2D eigenvalue weighted by atomic mass is 35.5. The molecular weight excluding hydrogens is 543 g/mol. The molecule has 1 aliphatic heterocycles. The zero-order valence-electron chi connectivity index (χ0n) is 19.2. The van der Waals surface area contributed by atoms with Gasteiger partial charge in [0.15, 0.2) is 10.9 Å². The number of Topliss-reactive ketones (excluding diaryl/α,β-unsaturated/α-hetero) is 1. The fourth-order valence-corrected chi connectivity index (χ4v) is 6.63. The molecule has 1 fully saturated rings. The lowest BCUT2D eigenvalue weighted by molar-refractivity contribution is -0.132. The van der Waals surface area contributed by atoms with Crippen LogP contribution in [0.2, 0.25) is 10.0 Å². The number of halogens is 2. The number of hydrogen-bond acceptors (Lipinski definition) is 8. The third-order valence-electron chi connectivity index (χ3n) is 5.83. The van der Waals surface area contributed by atoms with Crippen molar-refractivity contribution in [2.45, 2.75) is 13.0 Å². The molecule has 5 rings (SSSR count). The number of thiophene rings is 1. The Morgan fingerprint density at radius 1 is 1.11 bits per heavy atom. The predicted octanol–water partition coefficient (Wildman–Crippen LogP) is 6.62. The number of hydrogen-bond donors (Lipinski definition) is 1. The van der Waals surface area contributed by atoms with Gasteiger partial charge in [0.25, 0.3) is 5.78 Å². The number of aryl methyl sites for hydroxylation is 1. The van der Waals surface area contributed by atoms with Gasteiger partial charge in [0.2, 0.25) is 0 Å². The number of amides is 1. The number of nitrogens with zero attached hydrogens (tertiary/aromatic N) is 2. The topological polar surface area (TPSA) is 89.0 Å². The molecule has 1 unspecified atom stereocenters. The quantitative estimate of drug-likeness (QED) is 0.168. The molecule has 2 aromatic heterocycles. The number of thiazole rings is 1. The first-order chi connectivity index (χ1) is 17.2. The van der Waals surface area contributed by atoms with Crippen molar-refractivity contribution in [2.24, 2.45) is 0 Å². The molecule has 184 valence electrons. The van der Waals surface area contributed by atoms with E-state index in [1.807, 2.05) is 30.5 Å². The average Bonchev–Trinajstić information content (AvgIpc) is 3.56. The van der Waals surface area contributed by atoms with Gasteiger partial charge in [-0.1, -0.05) is 40.6 Å². The Morgan fingerprint density at radius 2 is 1.83 bits per heavy atom. The molecule has 1 N–H and O–H groups in total. The van der Waals surface area contributed by atoms with Crippen molar-refractivity contribution >= 4 is 78.7 Å². The van der Waals surface area contributed by atoms with Gasteiger partial charge in [0.1, 0.15) is 17.6 Å². The van der Waals surface area contributed by atoms with Crippen molar-refractivity contribution in [3.05, 3.63) is 73.4 Å². The molecule has 3 heterocycles. The maximum absolute atomic E-state index is 13.4. The van der Waals surface area contributed by atoms with Crippen LogP contribution in [0.15, 0.2) is 47.4 Å². The maximum Gasteiger partial charge on any atom is 0.301 e. The fraction of sp³-hybridized carbons (Fsp3) is 0.160. The molecule has 0 aliphatic carbocycles. The van der Waals surface area contributed by atoms with Crippen molar-refractivity contribution in [3.63, 3.8) is 0 Å². The molecule has 1 atom stereocenters. The van der Waals surface area contributed by atoms with Crippen molar-refractivity contribution in [3.8, 4) is 11.5 Å². The van der Waals surface area contributed by atoms with E-state index in [1.54, 1.807) is 13.2 Å². The summed E-state index contributed by atoms with van der Waals surface area (Å²) >= 11 is 15.2. The van der Waals surface area contributed by atoms with Gasteiger partial charge in [0.05, 0.1) is 40.1 Å². The Bertz CT molecular complexity index is 1540. The Labute approximate surface area is 224 Å². The number of methoxy groups -OCH3 is 2. The molecular formula is C25H18Cl2N2O5S2. The Morgan fingerprint density at radius 3 is 2.44 bits per heavy atom. The standard InChI is InChI=1S/C25H18Cl2N2O5S2/c1-11-7-15-18(10-16(11)33-2)36-25(28-15)29-20(17-5-4-6-35-17)19(22(31)24(29)32)21(30)12-8-13(26)23(34-3)14(27)9-12/h4-10,20,30H,1-3H3/b21-19+. The average molecular weight is 561 g/mol. The molecule has 36 heavy (non-hydrogen) atoms. The first kappa shape index (κ1) is 24.6. The second-order valence-corrected chi connectivity index (χ2v) is 10.7. The van der Waals surface area contributed by atoms with Gasteiger partial charge >= 0.3 is 5.91 Å². The van der Waals surface area contributed by atoms with Gasteiger partial charge in [-0.3, -0.25) is 14.5 Å². The smallest absolute Gasteiger partial charge is 0.301 e. The number of rotatable bonds is 5. The first-order valence-electron chi connectivity index (χ1n) is 10.6. The van der Waals surface area contributed by atoms with Crippen LogP contribution in [0.25, 0.3) is 16.0 Å². The van der Waals surface area contributed by atoms with Gasteiger partial charge in [-0.15, -0.1) is 11.3 Å². The summed E-state index contributed by atoms with van der Waals surface area (Å²) in [6.45, 7) is 1.90. The van der Waals surface area contributed by atoms with Crippen molar-refractivity contribution in [2.75, 3.05) is 19.1 Å². The lowest BCUT2D eigenvalue weighted by atomic mass is 10.00. The maximum atomic E-state index is 13.4. The number of aliphatic hydroxyl groups is 1. The Hall–Kier alpha value is -3.11. The van der Waals surface area contributed by atoms with E-state index in [-0.39, 0.29) is 32.7 Å². The van der Waals surface area contributed by atoms with Crippen LogP contribution in [-0.4, -0.2) is 36.0 Å². The van der Waals surface area contributed by atoms with Crippen molar-refractivity contribution in [1.82, 2.24) is 4.98 Å². The van der Waals surface area contributed by atoms with Crippen LogP contribution < -0.4 is 14.4 Å². The second kappa shape index (κ2) is 9.40. The number of aromatic nitrogens is 1. The van der Waals surface area contributed by atoms with Crippen LogP contribution in [0.3, 0.4) is 0 Å². The lowest BCUT2D eigenvalue weighted by Gasteiger charge is -2.21. The van der Waals surface area contributed by atoms with E-state index >= 15 is 0 Å². The molecule has 7 nitrogen and oxygen atoms in total. The molecule has 0 saturated carbocycles. The van der Waals surface area contributed by atoms with Gasteiger partial charge < -0.3 is 14.6 Å². The van der Waals surface area contributed by atoms with E-state index < -0.39 is 17.7 Å². The number of carbonyl (C=O) groups excluding carboxylic acids is 2. The fourth-order valence-electron chi connectivity index (χ4n) is 4.16. The molecule has 1 amide bonds.